The number of aromatic nitrogens is 2. The minimum Gasteiger partial charge on any atom is -0.339 e. The van der Waals surface area contributed by atoms with Crippen LogP contribution in [-0.4, -0.2) is 57.3 Å². The molecule has 0 saturated carbocycles. The van der Waals surface area contributed by atoms with Gasteiger partial charge < -0.3 is 9.42 Å². The Morgan fingerprint density at radius 2 is 1.68 bits per heavy atom. The second-order valence-corrected chi connectivity index (χ2v) is 9.35. The summed E-state index contributed by atoms with van der Waals surface area (Å²) in [5.74, 6) is 1.42. The highest BCUT2D eigenvalue weighted by atomic mass is 32.2. The van der Waals surface area contributed by atoms with Crippen LogP contribution in [0, 0.1) is 6.92 Å². The van der Waals surface area contributed by atoms with Crippen molar-refractivity contribution in [3.63, 3.8) is 0 Å². The lowest BCUT2D eigenvalue weighted by Crippen LogP contribution is -2.51. The molecule has 0 aliphatic carbocycles. The van der Waals surface area contributed by atoms with E-state index in [1.807, 2.05) is 66.4 Å². The van der Waals surface area contributed by atoms with Crippen LogP contribution in [0.4, 0.5) is 0 Å². The Kier molecular flexibility index (Phi) is 6.73. The van der Waals surface area contributed by atoms with E-state index in [1.165, 1.54) is 5.56 Å². The highest BCUT2D eigenvalue weighted by Gasteiger charge is 2.29. The number of carbonyl (C=O) groups excluding carboxylic acids is 1. The Morgan fingerprint density at radius 1 is 1.00 bits per heavy atom. The monoisotopic (exact) mass is 436 g/mol. The number of rotatable bonds is 6. The van der Waals surface area contributed by atoms with Crippen LogP contribution in [0.25, 0.3) is 11.4 Å². The molecule has 1 saturated heterocycles. The zero-order valence-corrected chi connectivity index (χ0v) is 19.0. The van der Waals surface area contributed by atoms with Gasteiger partial charge in [0.25, 0.3) is 0 Å². The zero-order valence-electron chi connectivity index (χ0n) is 18.2. The molecule has 4 rings (SSSR count). The molecule has 3 aromatic rings. The maximum absolute atomic E-state index is 12.9. The van der Waals surface area contributed by atoms with Crippen LogP contribution < -0.4 is 0 Å². The van der Waals surface area contributed by atoms with Gasteiger partial charge in [0.2, 0.25) is 17.6 Å². The number of amides is 1. The molecule has 0 radical (unpaired) electrons. The molecule has 0 bridgehead atoms. The van der Waals surface area contributed by atoms with E-state index < -0.39 is 0 Å². The highest BCUT2D eigenvalue weighted by Crippen LogP contribution is 2.26. The molecule has 0 N–H and O–H groups in total. The molecule has 31 heavy (non-hydrogen) atoms. The molecule has 6 nitrogen and oxygen atoms in total. The summed E-state index contributed by atoms with van der Waals surface area (Å²) in [5, 5.41) is 4.06. The fourth-order valence-electron chi connectivity index (χ4n) is 3.72. The molecule has 0 spiro atoms. The Balaban J connectivity index is 1.32. The smallest absolute Gasteiger partial charge is 0.244 e. The average molecular weight is 437 g/mol. The highest BCUT2D eigenvalue weighted by molar-refractivity contribution is 8.00. The van der Waals surface area contributed by atoms with Gasteiger partial charge >= 0.3 is 0 Å². The summed E-state index contributed by atoms with van der Waals surface area (Å²) < 4.78 is 5.56. The van der Waals surface area contributed by atoms with Gasteiger partial charge in [-0.05, 0) is 32.9 Å². The van der Waals surface area contributed by atoms with E-state index in [4.69, 9.17) is 4.52 Å². The maximum Gasteiger partial charge on any atom is 0.244 e. The van der Waals surface area contributed by atoms with E-state index in [2.05, 4.69) is 28.9 Å². The summed E-state index contributed by atoms with van der Waals surface area (Å²) in [5.41, 5.74) is 2.15. The third-order valence-corrected chi connectivity index (χ3v) is 6.79. The predicted molar refractivity (Wildman–Crippen MR) is 123 cm³/mol. The van der Waals surface area contributed by atoms with Crippen LogP contribution in [0.2, 0.25) is 0 Å². The molecule has 2 atom stereocenters. The van der Waals surface area contributed by atoms with Crippen LogP contribution in [-0.2, 0) is 4.79 Å². The molecule has 1 aromatic heterocycles. The first-order valence-corrected chi connectivity index (χ1v) is 11.5. The van der Waals surface area contributed by atoms with Gasteiger partial charge in [-0.15, -0.1) is 11.8 Å². The largest absolute Gasteiger partial charge is 0.339 e. The first-order valence-electron chi connectivity index (χ1n) is 10.7. The third-order valence-electron chi connectivity index (χ3n) is 5.69. The summed E-state index contributed by atoms with van der Waals surface area (Å²) in [6.45, 7) is 9.12. The van der Waals surface area contributed by atoms with Gasteiger partial charge in [0, 0.05) is 36.6 Å². The van der Waals surface area contributed by atoms with Crippen molar-refractivity contribution in [3.8, 4) is 11.4 Å². The van der Waals surface area contributed by atoms with E-state index >= 15 is 0 Å². The SMILES string of the molecule is Cc1ccc(-c2noc(C(C)N3CCN(C(=O)C(C)Sc4ccccc4)CC3)n2)cc1. The van der Waals surface area contributed by atoms with Crippen LogP contribution in [0.3, 0.4) is 0 Å². The lowest BCUT2D eigenvalue weighted by atomic mass is 10.1. The number of thioether (sulfide) groups is 1. The van der Waals surface area contributed by atoms with Crippen molar-refractivity contribution in [2.75, 3.05) is 26.2 Å². The fraction of sp³-hybridized carbons (Fsp3) is 0.375. The van der Waals surface area contributed by atoms with Crippen molar-refractivity contribution < 1.29 is 9.32 Å². The van der Waals surface area contributed by atoms with Crippen molar-refractivity contribution in [1.29, 1.82) is 0 Å². The Bertz CT molecular complexity index is 998. The number of hydrogen-bond acceptors (Lipinski definition) is 6. The van der Waals surface area contributed by atoms with Crippen molar-refractivity contribution in [1.82, 2.24) is 19.9 Å². The van der Waals surface area contributed by atoms with Crippen LogP contribution in [0.15, 0.2) is 64.0 Å². The van der Waals surface area contributed by atoms with Gasteiger partial charge in [0.15, 0.2) is 0 Å². The normalized spacial score (nSPS) is 16.8. The van der Waals surface area contributed by atoms with Gasteiger partial charge in [0.1, 0.15) is 0 Å². The molecular formula is C24H28N4O2S. The number of aryl methyl sites for hydroxylation is 1. The first-order chi connectivity index (χ1) is 15.0. The standard InChI is InChI=1S/C24H28N4O2S/c1-17-9-11-20(12-10-17)22-25-23(30-26-22)18(2)27-13-15-28(16-14-27)24(29)19(3)31-21-7-5-4-6-8-21/h4-12,18-19H,13-16H2,1-3H3. The van der Waals surface area contributed by atoms with E-state index in [-0.39, 0.29) is 17.2 Å². The molecule has 1 aliphatic rings. The van der Waals surface area contributed by atoms with E-state index in [0.29, 0.717) is 24.8 Å². The van der Waals surface area contributed by atoms with Gasteiger partial charge in [-0.3, -0.25) is 9.69 Å². The predicted octanol–water partition coefficient (Wildman–Crippen LogP) is 4.43. The Morgan fingerprint density at radius 3 is 2.35 bits per heavy atom. The van der Waals surface area contributed by atoms with Crippen molar-refractivity contribution in [2.24, 2.45) is 0 Å². The summed E-state index contributed by atoms with van der Waals surface area (Å²) in [4.78, 5) is 22.9. The summed E-state index contributed by atoms with van der Waals surface area (Å²) >= 11 is 1.61. The molecule has 2 aromatic carbocycles. The second kappa shape index (κ2) is 9.66. The number of hydrogen-bond donors (Lipinski definition) is 0. The second-order valence-electron chi connectivity index (χ2n) is 7.93. The van der Waals surface area contributed by atoms with Gasteiger partial charge in [0.05, 0.1) is 11.3 Å². The lowest BCUT2D eigenvalue weighted by molar-refractivity contribution is -0.132. The molecular weight excluding hydrogens is 408 g/mol. The molecule has 2 unspecified atom stereocenters. The zero-order chi connectivity index (χ0) is 21.8. The molecule has 162 valence electrons. The van der Waals surface area contributed by atoms with E-state index in [1.54, 1.807) is 11.8 Å². The fourth-order valence-corrected chi connectivity index (χ4v) is 4.69. The molecule has 1 aliphatic heterocycles. The topological polar surface area (TPSA) is 62.5 Å². The van der Waals surface area contributed by atoms with Crippen molar-refractivity contribution in [2.45, 2.75) is 37.0 Å². The number of benzene rings is 2. The minimum absolute atomic E-state index is 0.0140. The first kappa shape index (κ1) is 21.6. The summed E-state index contributed by atoms with van der Waals surface area (Å²) in [6.07, 6.45) is 0. The van der Waals surface area contributed by atoms with Gasteiger partial charge in [-0.1, -0.05) is 53.2 Å². The van der Waals surface area contributed by atoms with E-state index in [9.17, 15) is 4.79 Å². The Hall–Kier alpha value is -2.64. The maximum atomic E-state index is 12.9. The number of nitrogens with zero attached hydrogens (tertiary/aromatic N) is 4. The van der Waals surface area contributed by atoms with Crippen molar-refractivity contribution >= 4 is 17.7 Å². The van der Waals surface area contributed by atoms with Gasteiger partial charge in [-0.25, -0.2) is 0 Å². The quantitative estimate of drug-likeness (QED) is 0.533. The lowest BCUT2D eigenvalue weighted by Gasteiger charge is -2.37. The van der Waals surface area contributed by atoms with Crippen LogP contribution in [0.1, 0.15) is 31.3 Å². The minimum atomic E-state index is -0.0978. The number of piperazine rings is 1. The van der Waals surface area contributed by atoms with E-state index in [0.717, 1.165) is 23.5 Å². The molecule has 1 amide bonds. The number of carbonyl (C=O) groups is 1. The third kappa shape index (κ3) is 5.17. The molecule has 2 heterocycles. The molecule has 7 heteroatoms. The van der Waals surface area contributed by atoms with Crippen molar-refractivity contribution in [3.05, 3.63) is 66.1 Å². The Labute approximate surface area is 187 Å². The molecule has 1 fully saturated rings. The van der Waals surface area contributed by atoms with Gasteiger partial charge in [-0.2, -0.15) is 4.98 Å². The van der Waals surface area contributed by atoms with Crippen LogP contribution >= 0.6 is 11.8 Å². The summed E-state index contributed by atoms with van der Waals surface area (Å²) in [7, 11) is 0. The average Bonchev–Trinajstić information content (AvgIpc) is 3.29. The van der Waals surface area contributed by atoms with Crippen LogP contribution in [0.5, 0.6) is 0 Å². The summed E-state index contributed by atoms with van der Waals surface area (Å²) in [6, 6.07) is 18.2.